The zero-order valence-corrected chi connectivity index (χ0v) is 10.8. The number of nitriles is 1. The summed E-state index contributed by atoms with van der Waals surface area (Å²) in [4.78, 5) is 11.1. The van der Waals surface area contributed by atoms with Crippen LogP contribution in [-0.2, 0) is 4.79 Å². The number of ether oxygens (including phenoxy) is 1. The summed E-state index contributed by atoms with van der Waals surface area (Å²) in [6, 6.07) is 6.65. The third kappa shape index (κ3) is 3.64. The highest BCUT2D eigenvalue weighted by molar-refractivity contribution is 6.31. The van der Waals surface area contributed by atoms with Gasteiger partial charge in [-0.05, 0) is 25.0 Å². The first-order valence-electron chi connectivity index (χ1n) is 5.68. The van der Waals surface area contributed by atoms with E-state index in [0.29, 0.717) is 6.42 Å². The lowest BCUT2D eigenvalue weighted by Crippen LogP contribution is -2.27. The predicted molar refractivity (Wildman–Crippen MR) is 67.7 cm³/mol. The van der Waals surface area contributed by atoms with E-state index < -0.39 is 12.1 Å². The lowest BCUT2D eigenvalue weighted by molar-refractivity contribution is -0.145. The zero-order chi connectivity index (χ0) is 13.5. The number of hydrogen-bond donors (Lipinski definition) is 1. The van der Waals surface area contributed by atoms with Gasteiger partial charge in [0.1, 0.15) is 17.4 Å². The number of rotatable bonds is 6. The Labute approximate surface area is 111 Å². The van der Waals surface area contributed by atoms with Gasteiger partial charge in [-0.3, -0.25) is 0 Å². The molecule has 0 aliphatic carbocycles. The van der Waals surface area contributed by atoms with Crippen molar-refractivity contribution in [3.05, 3.63) is 28.8 Å². The summed E-state index contributed by atoms with van der Waals surface area (Å²) < 4.78 is 5.37. The minimum Gasteiger partial charge on any atom is -0.479 e. The van der Waals surface area contributed by atoms with Gasteiger partial charge in [-0.1, -0.05) is 31.0 Å². The number of benzene rings is 1. The molecule has 96 valence electrons. The van der Waals surface area contributed by atoms with E-state index in [1.165, 1.54) is 0 Å². The minimum absolute atomic E-state index is 0.168. The molecule has 18 heavy (non-hydrogen) atoms. The van der Waals surface area contributed by atoms with Crippen LogP contribution in [0.15, 0.2) is 18.2 Å². The summed E-state index contributed by atoms with van der Waals surface area (Å²) in [7, 11) is 0. The molecule has 0 saturated carbocycles. The van der Waals surface area contributed by atoms with Crippen LogP contribution in [0, 0.1) is 11.3 Å². The van der Waals surface area contributed by atoms with Crippen molar-refractivity contribution < 1.29 is 14.6 Å². The van der Waals surface area contributed by atoms with Crippen molar-refractivity contribution >= 4 is 17.6 Å². The Morgan fingerprint density at radius 2 is 2.33 bits per heavy atom. The van der Waals surface area contributed by atoms with Crippen molar-refractivity contribution in [2.45, 2.75) is 32.3 Å². The van der Waals surface area contributed by atoms with E-state index in [1.54, 1.807) is 18.2 Å². The van der Waals surface area contributed by atoms with Crippen LogP contribution in [0.25, 0.3) is 0 Å². The SMILES string of the molecule is CCCCC(Oc1cccc(Cl)c1C#N)C(=O)O. The van der Waals surface area contributed by atoms with Crippen LogP contribution in [0.1, 0.15) is 31.7 Å². The molecule has 0 spiro atoms. The first-order chi connectivity index (χ1) is 8.60. The average Bonchev–Trinajstić information content (AvgIpc) is 2.34. The third-order valence-corrected chi connectivity index (χ3v) is 2.77. The van der Waals surface area contributed by atoms with Crippen LogP contribution in [-0.4, -0.2) is 17.2 Å². The highest BCUT2D eigenvalue weighted by Gasteiger charge is 2.20. The third-order valence-electron chi connectivity index (χ3n) is 2.45. The molecule has 0 radical (unpaired) electrons. The Bertz CT molecular complexity index is 468. The van der Waals surface area contributed by atoms with Gasteiger partial charge in [0.2, 0.25) is 0 Å². The molecule has 0 heterocycles. The van der Waals surface area contributed by atoms with E-state index in [4.69, 9.17) is 26.7 Å². The van der Waals surface area contributed by atoms with Crippen LogP contribution in [0.3, 0.4) is 0 Å². The minimum atomic E-state index is -1.03. The van der Waals surface area contributed by atoms with E-state index in [1.807, 2.05) is 13.0 Å². The molecule has 4 nitrogen and oxygen atoms in total. The van der Waals surface area contributed by atoms with Crippen molar-refractivity contribution in [3.8, 4) is 11.8 Å². The molecule has 0 aromatic heterocycles. The van der Waals surface area contributed by atoms with Crippen LogP contribution in [0.4, 0.5) is 0 Å². The monoisotopic (exact) mass is 267 g/mol. The first kappa shape index (κ1) is 14.3. The van der Waals surface area contributed by atoms with E-state index in [2.05, 4.69) is 0 Å². The molecule has 0 fully saturated rings. The van der Waals surface area contributed by atoms with Gasteiger partial charge in [0.05, 0.1) is 5.02 Å². The van der Waals surface area contributed by atoms with Gasteiger partial charge in [0.15, 0.2) is 6.10 Å². The standard InChI is InChI=1S/C13H14ClNO3/c1-2-3-6-12(13(16)17)18-11-7-4-5-10(14)9(11)8-15/h4-5,7,12H,2-3,6H2,1H3,(H,16,17). The quantitative estimate of drug-likeness (QED) is 0.859. The smallest absolute Gasteiger partial charge is 0.344 e. The molecule has 1 N–H and O–H groups in total. The van der Waals surface area contributed by atoms with Gasteiger partial charge in [-0.15, -0.1) is 0 Å². The number of halogens is 1. The fourth-order valence-corrected chi connectivity index (χ4v) is 1.69. The van der Waals surface area contributed by atoms with Gasteiger partial charge < -0.3 is 9.84 Å². The highest BCUT2D eigenvalue weighted by atomic mass is 35.5. The molecule has 0 aliphatic heterocycles. The molecular weight excluding hydrogens is 254 g/mol. The normalized spacial score (nSPS) is 11.6. The van der Waals surface area contributed by atoms with E-state index in [9.17, 15) is 4.79 Å². The van der Waals surface area contributed by atoms with Gasteiger partial charge >= 0.3 is 5.97 Å². The number of nitrogens with zero attached hydrogens (tertiary/aromatic N) is 1. The van der Waals surface area contributed by atoms with Crippen molar-refractivity contribution in [1.82, 2.24) is 0 Å². The Morgan fingerprint density at radius 1 is 1.61 bits per heavy atom. The number of aliphatic carboxylic acids is 1. The summed E-state index contributed by atoms with van der Waals surface area (Å²) in [5, 5.41) is 18.3. The molecule has 1 rings (SSSR count). The number of carboxylic acid groups (broad SMARTS) is 1. The molecule has 1 aromatic rings. The Kier molecular flexibility index (Phi) is 5.47. The highest BCUT2D eigenvalue weighted by Crippen LogP contribution is 2.26. The molecule has 0 aliphatic rings. The zero-order valence-electron chi connectivity index (χ0n) is 10.0. The van der Waals surface area contributed by atoms with Gasteiger partial charge in [0.25, 0.3) is 0 Å². The van der Waals surface area contributed by atoms with Gasteiger partial charge in [0, 0.05) is 0 Å². The van der Waals surface area contributed by atoms with E-state index in [0.717, 1.165) is 12.8 Å². The topological polar surface area (TPSA) is 70.3 Å². The predicted octanol–water partition coefficient (Wildman–Crippen LogP) is 3.23. The molecule has 1 aromatic carbocycles. The second-order valence-corrected chi connectivity index (χ2v) is 4.22. The van der Waals surface area contributed by atoms with Crippen LogP contribution >= 0.6 is 11.6 Å². The molecule has 1 atom stereocenters. The second kappa shape index (κ2) is 6.87. The molecule has 1 unspecified atom stereocenters. The largest absolute Gasteiger partial charge is 0.479 e. The van der Waals surface area contributed by atoms with Crippen molar-refractivity contribution in [2.75, 3.05) is 0 Å². The summed E-state index contributed by atoms with van der Waals surface area (Å²) in [6.07, 6.45) is 1.09. The fraction of sp³-hybridized carbons (Fsp3) is 0.385. The van der Waals surface area contributed by atoms with Crippen LogP contribution < -0.4 is 4.74 Å². The van der Waals surface area contributed by atoms with Gasteiger partial charge in [-0.2, -0.15) is 5.26 Å². The lowest BCUT2D eigenvalue weighted by Gasteiger charge is -2.15. The number of carboxylic acids is 1. The Hall–Kier alpha value is -1.73. The summed E-state index contributed by atoms with van der Waals surface area (Å²) in [5.41, 5.74) is 0.168. The van der Waals surface area contributed by atoms with Crippen molar-refractivity contribution in [1.29, 1.82) is 5.26 Å². The summed E-state index contributed by atoms with van der Waals surface area (Å²) in [5.74, 6) is -0.819. The maximum Gasteiger partial charge on any atom is 0.344 e. The van der Waals surface area contributed by atoms with Crippen molar-refractivity contribution in [3.63, 3.8) is 0 Å². The lowest BCUT2D eigenvalue weighted by atomic mass is 10.1. The fourth-order valence-electron chi connectivity index (χ4n) is 1.49. The number of unbranched alkanes of at least 4 members (excludes halogenated alkanes) is 1. The molecule has 0 bridgehead atoms. The number of carbonyl (C=O) groups is 1. The first-order valence-corrected chi connectivity index (χ1v) is 6.06. The second-order valence-electron chi connectivity index (χ2n) is 3.81. The number of hydrogen-bond acceptors (Lipinski definition) is 3. The molecule has 0 saturated heterocycles. The Balaban J connectivity index is 2.91. The van der Waals surface area contributed by atoms with Gasteiger partial charge in [-0.25, -0.2) is 4.79 Å². The van der Waals surface area contributed by atoms with Crippen LogP contribution in [0.5, 0.6) is 5.75 Å². The van der Waals surface area contributed by atoms with E-state index in [-0.39, 0.29) is 16.3 Å². The summed E-state index contributed by atoms with van der Waals surface area (Å²) in [6.45, 7) is 1.97. The maximum absolute atomic E-state index is 11.1. The van der Waals surface area contributed by atoms with Crippen molar-refractivity contribution in [2.24, 2.45) is 0 Å². The molecule has 5 heteroatoms. The maximum atomic E-state index is 11.1. The Morgan fingerprint density at radius 3 is 2.89 bits per heavy atom. The van der Waals surface area contributed by atoms with E-state index >= 15 is 0 Å². The summed E-state index contributed by atoms with van der Waals surface area (Å²) >= 11 is 5.85. The molecule has 0 amide bonds. The average molecular weight is 268 g/mol. The molecular formula is C13H14ClNO3. The van der Waals surface area contributed by atoms with Crippen LogP contribution in [0.2, 0.25) is 5.02 Å².